The highest BCUT2D eigenvalue weighted by atomic mass is 32.3. The molecule has 14 atom stereocenters. The van der Waals surface area contributed by atoms with Gasteiger partial charge in [0, 0.05) is 60.7 Å². The Balaban J connectivity index is 0.000000464. The number of carbonyl (C=O) groups excluding carboxylic acids is 2. The lowest BCUT2D eigenvalue weighted by Gasteiger charge is -2.68. The number of aliphatic hydroxyl groups is 6. The van der Waals surface area contributed by atoms with E-state index in [1.807, 2.05) is 6.92 Å². The molecule has 4 saturated carbocycles. The maximum Gasteiger partial charge on any atom is 0.394 e. The number of allylic oxidation sites excluding steroid dienone is 1. The maximum absolute atomic E-state index is 12.9. The van der Waals surface area contributed by atoms with Crippen molar-refractivity contribution in [2.24, 2.45) is 34.8 Å². The molecule has 2 amide bonds. The smallest absolute Gasteiger partial charge is 0.394 e. The van der Waals surface area contributed by atoms with Crippen LogP contribution >= 0.6 is 0 Å². The molecule has 7 fully saturated rings. The van der Waals surface area contributed by atoms with Gasteiger partial charge in [-0.3, -0.25) is 19.2 Å². The van der Waals surface area contributed by atoms with Crippen LogP contribution in [-0.2, 0) is 24.7 Å². The van der Waals surface area contributed by atoms with Crippen LogP contribution in [0.3, 0.4) is 0 Å². The average Bonchev–Trinajstić information content (AvgIpc) is 3.20. The first kappa shape index (κ1) is 41.2. The Labute approximate surface area is 302 Å². The molecule has 0 radical (unpaired) electrons. The van der Waals surface area contributed by atoms with E-state index >= 15 is 0 Å². The van der Waals surface area contributed by atoms with Crippen LogP contribution in [0.4, 0.5) is 4.79 Å². The van der Waals surface area contributed by atoms with Gasteiger partial charge in [-0.2, -0.15) is 8.42 Å². The van der Waals surface area contributed by atoms with Crippen LogP contribution in [0.15, 0.2) is 11.6 Å². The number of primary amides is 1. The van der Waals surface area contributed by atoms with E-state index in [-0.39, 0.29) is 25.4 Å². The summed E-state index contributed by atoms with van der Waals surface area (Å²) in [7, 11) is -4.67. The second-order valence-electron chi connectivity index (χ2n) is 16.6. The van der Waals surface area contributed by atoms with Crippen molar-refractivity contribution in [2.45, 2.75) is 138 Å². The largest absolute Gasteiger partial charge is 0.453 e. The van der Waals surface area contributed by atoms with Crippen LogP contribution in [0.1, 0.15) is 86.0 Å². The molecule has 298 valence electrons. The second kappa shape index (κ2) is 13.0. The quantitative estimate of drug-likeness (QED) is 0.0549. The standard InChI is InChI=1S/C32H49NO9.CH4N2O2.H2O4S/c1-6-18(3)25(35)41-24-11-12-26(4)19-8-9-20-28(37)13-23(34)31(39)21(29(28,38)16-30(20,26)42-32(19,24)40)15-33-14-17(2)7-10-22(33)27(31,5)36;2-1(4)3-5;1-5(2,3)4/h6,17,19-24,34,36-40H,7-16H2,1-5H3;5H,(H3,2,3,4);(H2,1,2,3,4). The number of carbonyl (C=O) groups is 2. The summed E-state index contributed by atoms with van der Waals surface area (Å²) in [6, 6.07) is -1.33. The Morgan fingerprint density at radius 1 is 0.962 bits per heavy atom. The number of rotatable bonds is 2. The maximum atomic E-state index is 12.9. The van der Waals surface area contributed by atoms with Crippen molar-refractivity contribution in [1.82, 2.24) is 10.4 Å². The number of nitrogens with two attached hydrogens (primary N) is 1. The van der Waals surface area contributed by atoms with E-state index < -0.39 is 91.6 Å². The summed E-state index contributed by atoms with van der Waals surface area (Å²) in [5, 5.41) is 81.4. The summed E-state index contributed by atoms with van der Waals surface area (Å²) in [5.41, 5.74) is -3.50. The van der Waals surface area contributed by atoms with E-state index in [4.69, 9.17) is 32.2 Å². The topological polar surface area (TPSA) is 310 Å². The lowest BCUT2D eigenvalue weighted by molar-refractivity contribution is -0.354. The van der Waals surface area contributed by atoms with Gasteiger partial charge in [0.25, 0.3) is 0 Å². The summed E-state index contributed by atoms with van der Waals surface area (Å²) in [4.78, 5) is 24.1. The summed E-state index contributed by atoms with van der Waals surface area (Å²) in [6.07, 6.45) is 2.30. The Morgan fingerprint density at radius 2 is 1.54 bits per heavy atom. The highest BCUT2D eigenvalue weighted by Crippen LogP contribution is 2.78. The first-order chi connectivity index (χ1) is 23.7. The van der Waals surface area contributed by atoms with Gasteiger partial charge >= 0.3 is 22.4 Å². The van der Waals surface area contributed by atoms with Crippen molar-refractivity contribution < 1.29 is 72.4 Å². The first-order valence-corrected chi connectivity index (χ1v) is 19.1. The van der Waals surface area contributed by atoms with Gasteiger partial charge in [-0.1, -0.05) is 19.9 Å². The molecule has 0 aromatic carbocycles. The normalized spacial score (nSPS) is 50.4. The predicted molar refractivity (Wildman–Crippen MR) is 178 cm³/mol. The fraction of sp³-hybridized carbons (Fsp3) is 0.879. The monoisotopic (exact) mass is 765 g/mol. The van der Waals surface area contributed by atoms with Gasteiger partial charge in [-0.05, 0) is 65.2 Å². The Kier molecular flexibility index (Phi) is 10.3. The molecular formula is C33H55N3O15S. The minimum absolute atomic E-state index is 0.0606. The van der Waals surface area contributed by atoms with Gasteiger partial charge in [0.05, 0.1) is 11.7 Å². The minimum Gasteiger partial charge on any atom is -0.453 e. The van der Waals surface area contributed by atoms with Crippen molar-refractivity contribution in [3.05, 3.63) is 11.6 Å². The Hall–Kier alpha value is -2.01. The molecule has 12 N–H and O–H groups in total. The fourth-order valence-electron chi connectivity index (χ4n) is 11.8. The van der Waals surface area contributed by atoms with Gasteiger partial charge in [0.15, 0.2) is 6.10 Å². The van der Waals surface area contributed by atoms with E-state index in [2.05, 4.69) is 17.6 Å². The van der Waals surface area contributed by atoms with Crippen molar-refractivity contribution in [3.63, 3.8) is 0 Å². The molecule has 18 nitrogen and oxygen atoms in total. The number of hydroxylamine groups is 1. The summed E-state index contributed by atoms with van der Waals surface area (Å²) in [5.74, 6) is -4.05. The number of piperidine rings is 2. The number of ether oxygens (including phenoxy) is 2. The van der Waals surface area contributed by atoms with Gasteiger partial charge in [-0.15, -0.1) is 0 Å². The predicted octanol–water partition coefficient (Wildman–Crippen LogP) is -0.618. The van der Waals surface area contributed by atoms with E-state index in [1.165, 1.54) is 5.48 Å². The molecular weight excluding hydrogens is 710 g/mol. The summed E-state index contributed by atoms with van der Waals surface area (Å²) < 4.78 is 44.2. The molecule has 14 unspecified atom stereocenters. The first-order valence-electron chi connectivity index (χ1n) is 17.7. The number of hydrogen-bond acceptors (Lipinski definition) is 14. The van der Waals surface area contributed by atoms with Crippen LogP contribution in [0, 0.1) is 29.1 Å². The number of aliphatic hydroxyl groups excluding tert-OH is 1. The number of fused-ring (bicyclic) bond motifs is 5. The van der Waals surface area contributed by atoms with Crippen molar-refractivity contribution in [2.75, 3.05) is 13.1 Å². The van der Waals surface area contributed by atoms with Crippen LogP contribution in [-0.4, -0.2) is 135 Å². The molecule has 1 spiro atoms. The van der Waals surface area contributed by atoms with Crippen LogP contribution in [0.2, 0.25) is 0 Å². The average molecular weight is 766 g/mol. The summed E-state index contributed by atoms with van der Waals surface area (Å²) >= 11 is 0. The molecule has 0 aromatic rings. The molecule has 0 aromatic heterocycles. The number of amides is 2. The van der Waals surface area contributed by atoms with Gasteiger partial charge in [0.2, 0.25) is 5.79 Å². The zero-order valence-electron chi connectivity index (χ0n) is 30.1. The molecule has 4 bridgehead atoms. The molecule has 52 heavy (non-hydrogen) atoms. The highest BCUT2D eigenvalue weighted by molar-refractivity contribution is 7.79. The summed E-state index contributed by atoms with van der Waals surface area (Å²) in [6.45, 7) is 10.1. The third-order valence-corrected chi connectivity index (χ3v) is 14.2. The van der Waals surface area contributed by atoms with E-state index in [1.54, 1.807) is 26.8 Å². The van der Waals surface area contributed by atoms with Crippen LogP contribution < -0.4 is 11.2 Å². The Bertz CT molecular complexity index is 1570. The molecule has 3 aliphatic heterocycles. The van der Waals surface area contributed by atoms with Gasteiger partial charge in [-0.25, -0.2) is 15.1 Å². The van der Waals surface area contributed by atoms with E-state index in [0.29, 0.717) is 50.1 Å². The molecule has 7 aliphatic rings. The number of nitrogens with zero attached hydrogens (tertiary/aromatic N) is 1. The molecule has 19 heteroatoms. The van der Waals surface area contributed by atoms with Crippen molar-refractivity contribution >= 4 is 22.4 Å². The second-order valence-corrected chi connectivity index (χ2v) is 17.5. The molecule has 4 aliphatic carbocycles. The third-order valence-electron chi connectivity index (χ3n) is 14.2. The Morgan fingerprint density at radius 3 is 2.10 bits per heavy atom. The van der Waals surface area contributed by atoms with Crippen molar-refractivity contribution in [3.8, 4) is 0 Å². The number of nitrogens with one attached hydrogen (secondary N) is 1. The van der Waals surface area contributed by atoms with Crippen LogP contribution in [0.25, 0.3) is 0 Å². The highest BCUT2D eigenvalue weighted by Gasteiger charge is 2.88. The van der Waals surface area contributed by atoms with Gasteiger partial charge in [0.1, 0.15) is 22.4 Å². The number of esters is 1. The zero-order valence-corrected chi connectivity index (χ0v) is 30.9. The lowest BCUT2D eigenvalue weighted by atomic mass is 9.49. The molecule has 3 saturated heterocycles. The van der Waals surface area contributed by atoms with Crippen LogP contribution in [0.5, 0.6) is 0 Å². The molecule has 7 rings (SSSR count). The number of hydrogen-bond donors (Lipinski definition) is 11. The zero-order chi connectivity index (χ0) is 39.3. The van der Waals surface area contributed by atoms with E-state index in [0.717, 1.165) is 6.42 Å². The van der Waals surface area contributed by atoms with Crippen molar-refractivity contribution in [1.29, 1.82) is 0 Å². The van der Waals surface area contributed by atoms with E-state index in [9.17, 15) is 40.2 Å². The van der Waals surface area contributed by atoms with Gasteiger partial charge < -0.3 is 45.8 Å². The third kappa shape index (κ3) is 5.73. The SMILES string of the molecule is CC=C(C)C(=O)OC1CCC2(C)C3CCC4C5(O)CC(O)C6(O)C(CN7CC(C)CCC7C6(C)O)C5(O)CC42OC13O.NC(=O)NO.O=S(=O)(O)O. The fourth-order valence-corrected chi connectivity index (χ4v) is 11.8. The number of urea groups is 1. The molecule has 3 heterocycles. The lowest BCUT2D eigenvalue weighted by Crippen LogP contribution is -2.85. The minimum atomic E-state index is -4.67.